The SMILES string of the molecule is C=C1c2ccccc2Sc2ccc(C(C)C)cc21. The van der Waals surface area contributed by atoms with Crippen LogP contribution in [0.5, 0.6) is 0 Å². The second-order valence-electron chi connectivity index (χ2n) is 4.99. The molecule has 0 radical (unpaired) electrons. The molecular weight excluding hydrogens is 236 g/mol. The van der Waals surface area contributed by atoms with Gasteiger partial charge in [0.15, 0.2) is 0 Å². The van der Waals surface area contributed by atoms with Crippen molar-refractivity contribution in [2.24, 2.45) is 0 Å². The largest absolute Gasteiger partial charge is 0.0905 e. The highest BCUT2D eigenvalue weighted by atomic mass is 32.2. The molecule has 0 aliphatic carbocycles. The van der Waals surface area contributed by atoms with Gasteiger partial charge in [-0.05, 0) is 46.4 Å². The normalized spacial score (nSPS) is 13.4. The summed E-state index contributed by atoms with van der Waals surface area (Å²) in [5, 5.41) is 0. The predicted octanol–water partition coefficient (Wildman–Crippen LogP) is 5.34. The van der Waals surface area contributed by atoms with E-state index < -0.39 is 0 Å². The molecule has 0 spiro atoms. The molecule has 0 bridgehead atoms. The van der Waals surface area contributed by atoms with E-state index in [1.165, 1.54) is 26.5 Å². The minimum Gasteiger partial charge on any atom is -0.0905 e. The van der Waals surface area contributed by atoms with E-state index in [0.717, 1.165) is 5.57 Å². The van der Waals surface area contributed by atoms with Crippen LogP contribution >= 0.6 is 11.8 Å². The average Bonchev–Trinajstić information content (AvgIpc) is 2.38. The zero-order valence-electron chi connectivity index (χ0n) is 10.7. The van der Waals surface area contributed by atoms with E-state index in [1.807, 2.05) is 11.8 Å². The molecule has 3 rings (SSSR count). The standard InChI is InChI=1S/C17H16S/c1-11(2)13-8-9-17-15(10-13)12(3)14-6-4-5-7-16(14)18-17/h4-11H,3H2,1-2H3. The van der Waals surface area contributed by atoms with E-state index in [9.17, 15) is 0 Å². The van der Waals surface area contributed by atoms with Crippen molar-refractivity contribution >= 4 is 17.3 Å². The first kappa shape index (κ1) is 11.6. The second-order valence-corrected chi connectivity index (χ2v) is 6.07. The maximum absolute atomic E-state index is 4.28. The molecular formula is C17H16S. The Bertz CT molecular complexity index is 623. The van der Waals surface area contributed by atoms with Gasteiger partial charge in [-0.2, -0.15) is 0 Å². The zero-order chi connectivity index (χ0) is 12.7. The van der Waals surface area contributed by atoms with Crippen molar-refractivity contribution in [1.29, 1.82) is 0 Å². The fourth-order valence-electron chi connectivity index (χ4n) is 2.30. The molecule has 2 aromatic rings. The van der Waals surface area contributed by atoms with Crippen LogP contribution in [0, 0.1) is 0 Å². The van der Waals surface area contributed by atoms with Crippen LogP contribution < -0.4 is 0 Å². The van der Waals surface area contributed by atoms with Gasteiger partial charge in [0.2, 0.25) is 0 Å². The molecule has 0 saturated carbocycles. The van der Waals surface area contributed by atoms with Crippen LogP contribution in [0.1, 0.15) is 36.5 Å². The van der Waals surface area contributed by atoms with Gasteiger partial charge in [0.05, 0.1) is 0 Å². The maximum Gasteiger partial charge on any atom is 0.0201 e. The highest BCUT2D eigenvalue weighted by molar-refractivity contribution is 7.99. The van der Waals surface area contributed by atoms with Crippen LogP contribution in [0.15, 0.2) is 58.8 Å². The Labute approximate surface area is 113 Å². The first-order valence-corrected chi connectivity index (χ1v) is 7.09. The number of benzene rings is 2. The van der Waals surface area contributed by atoms with Crippen LogP contribution in [0.25, 0.3) is 5.57 Å². The molecule has 0 aromatic heterocycles. The molecule has 18 heavy (non-hydrogen) atoms. The van der Waals surface area contributed by atoms with Crippen molar-refractivity contribution < 1.29 is 0 Å². The summed E-state index contributed by atoms with van der Waals surface area (Å²) in [6, 6.07) is 15.3. The van der Waals surface area contributed by atoms with Gasteiger partial charge in [-0.15, -0.1) is 0 Å². The summed E-state index contributed by atoms with van der Waals surface area (Å²) in [5.41, 5.74) is 5.11. The van der Waals surface area contributed by atoms with Gasteiger partial charge >= 0.3 is 0 Å². The molecule has 0 unspecified atom stereocenters. The summed E-state index contributed by atoms with van der Waals surface area (Å²) < 4.78 is 0. The monoisotopic (exact) mass is 252 g/mol. The van der Waals surface area contributed by atoms with Crippen LogP contribution in [0.2, 0.25) is 0 Å². The van der Waals surface area contributed by atoms with Crippen molar-refractivity contribution in [3.63, 3.8) is 0 Å². The topological polar surface area (TPSA) is 0 Å². The Kier molecular flexibility index (Phi) is 2.79. The van der Waals surface area contributed by atoms with E-state index >= 15 is 0 Å². The molecule has 0 saturated heterocycles. The first-order valence-electron chi connectivity index (χ1n) is 6.27. The Hall–Kier alpha value is -1.47. The first-order chi connectivity index (χ1) is 8.66. The third kappa shape index (κ3) is 1.79. The lowest BCUT2D eigenvalue weighted by Crippen LogP contribution is -1.99. The summed E-state index contributed by atoms with van der Waals surface area (Å²) in [4.78, 5) is 2.63. The molecule has 0 nitrogen and oxygen atoms in total. The number of hydrogen-bond acceptors (Lipinski definition) is 1. The molecule has 1 aliphatic rings. The lowest BCUT2D eigenvalue weighted by Gasteiger charge is -2.22. The summed E-state index contributed by atoms with van der Waals surface area (Å²) in [5.74, 6) is 0.560. The van der Waals surface area contributed by atoms with Crippen molar-refractivity contribution in [1.82, 2.24) is 0 Å². The summed E-state index contributed by atoms with van der Waals surface area (Å²) in [6.45, 7) is 8.75. The zero-order valence-corrected chi connectivity index (χ0v) is 11.6. The maximum atomic E-state index is 4.28. The second kappa shape index (κ2) is 4.33. The van der Waals surface area contributed by atoms with Crippen LogP contribution in [0.4, 0.5) is 0 Å². The smallest absolute Gasteiger partial charge is 0.0201 e. The molecule has 1 aliphatic heterocycles. The third-order valence-electron chi connectivity index (χ3n) is 3.43. The molecule has 2 aromatic carbocycles. The Morgan fingerprint density at radius 3 is 2.44 bits per heavy atom. The van der Waals surface area contributed by atoms with Gasteiger partial charge in [-0.1, -0.05) is 56.5 Å². The minimum atomic E-state index is 0.560. The summed E-state index contributed by atoms with van der Waals surface area (Å²) in [7, 11) is 0. The fraction of sp³-hybridized carbons (Fsp3) is 0.176. The van der Waals surface area contributed by atoms with Gasteiger partial charge in [0, 0.05) is 9.79 Å². The van der Waals surface area contributed by atoms with E-state index in [4.69, 9.17) is 0 Å². The van der Waals surface area contributed by atoms with E-state index in [-0.39, 0.29) is 0 Å². The molecule has 1 heterocycles. The highest BCUT2D eigenvalue weighted by Gasteiger charge is 2.19. The van der Waals surface area contributed by atoms with Gasteiger partial charge in [0.25, 0.3) is 0 Å². The molecule has 90 valence electrons. The van der Waals surface area contributed by atoms with Crippen molar-refractivity contribution in [2.45, 2.75) is 29.6 Å². The number of rotatable bonds is 1. The van der Waals surface area contributed by atoms with Gasteiger partial charge in [-0.25, -0.2) is 0 Å². The Morgan fingerprint density at radius 1 is 0.944 bits per heavy atom. The van der Waals surface area contributed by atoms with Gasteiger partial charge in [-0.3, -0.25) is 0 Å². The molecule has 0 atom stereocenters. The van der Waals surface area contributed by atoms with Gasteiger partial charge in [0.1, 0.15) is 0 Å². The quantitative estimate of drug-likeness (QED) is 0.563. The van der Waals surface area contributed by atoms with E-state index in [2.05, 4.69) is 62.9 Å². The van der Waals surface area contributed by atoms with Crippen molar-refractivity contribution in [3.8, 4) is 0 Å². The lowest BCUT2D eigenvalue weighted by atomic mass is 9.94. The van der Waals surface area contributed by atoms with E-state index in [1.54, 1.807) is 0 Å². The van der Waals surface area contributed by atoms with Crippen LogP contribution in [-0.4, -0.2) is 0 Å². The van der Waals surface area contributed by atoms with Crippen molar-refractivity contribution in [2.75, 3.05) is 0 Å². The lowest BCUT2D eigenvalue weighted by molar-refractivity contribution is 0.863. The van der Waals surface area contributed by atoms with Crippen LogP contribution in [0.3, 0.4) is 0 Å². The molecule has 0 fully saturated rings. The highest BCUT2D eigenvalue weighted by Crippen LogP contribution is 2.45. The van der Waals surface area contributed by atoms with Crippen molar-refractivity contribution in [3.05, 3.63) is 65.7 Å². The molecule has 1 heteroatoms. The minimum absolute atomic E-state index is 0.560. The third-order valence-corrected chi connectivity index (χ3v) is 4.58. The molecule has 0 N–H and O–H groups in total. The summed E-state index contributed by atoms with van der Waals surface area (Å²) in [6.07, 6.45) is 0. The Balaban J connectivity index is 2.14. The molecule has 0 amide bonds. The van der Waals surface area contributed by atoms with Crippen LogP contribution in [-0.2, 0) is 0 Å². The predicted molar refractivity (Wildman–Crippen MR) is 79.2 cm³/mol. The summed E-state index contributed by atoms with van der Waals surface area (Å²) >= 11 is 1.85. The van der Waals surface area contributed by atoms with E-state index in [0.29, 0.717) is 5.92 Å². The fourth-order valence-corrected chi connectivity index (χ4v) is 3.41. The Morgan fingerprint density at radius 2 is 1.67 bits per heavy atom. The number of hydrogen-bond donors (Lipinski definition) is 0. The van der Waals surface area contributed by atoms with Gasteiger partial charge < -0.3 is 0 Å². The number of fused-ring (bicyclic) bond motifs is 2. The average molecular weight is 252 g/mol.